The molecule has 0 spiro atoms. The van der Waals surface area contributed by atoms with E-state index in [0.29, 0.717) is 28.9 Å². The number of benzene rings is 4. The maximum Gasteiger partial charge on any atom is 0.127 e. The molecule has 4 aromatic carbocycles. The molecule has 0 bridgehead atoms. The van der Waals surface area contributed by atoms with E-state index >= 15 is 0 Å². The van der Waals surface area contributed by atoms with E-state index in [-0.39, 0.29) is 11.3 Å². The van der Waals surface area contributed by atoms with Gasteiger partial charge in [0.2, 0.25) is 0 Å². The summed E-state index contributed by atoms with van der Waals surface area (Å²) in [5.41, 5.74) is 9.67. The Morgan fingerprint density at radius 2 is 1.60 bits per heavy atom. The van der Waals surface area contributed by atoms with Crippen LogP contribution in [0.2, 0.25) is 0 Å². The molecule has 0 radical (unpaired) electrons. The highest BCUT2D eigenvalue weighted by Crippen LogP contribution is 2.61. The zero-order valence-corrected chi connectivity index (χ0v) is 29.4. The van der Waals surface area contributed by atoms with E-state index in [2.05, 4.69) is 110 Å². The van der Waals surface area contributed by atoms with Crippen LogP contribution in [0.3, 0.4) is 0 Å². The molecular formula is C42H44O3P2. The highest BCUT2D eigenvalue weighted by atomic mass is 31.1. The standard InChI is InChI=1S/C42H44O3P2/c1-3-42(31-13-5-4-6-14-31)27-38(42)47-45-37-26-20-29-12-8-10-16-35(29)41(37)39(30-17-21-32(43-2)22-18-30)40-34-15-9-7-11-28(34)19-25-36(40)44-46-33-23-24-33/h4-8,10-14,16-17,19-21,25-26,33,38-39,46-47H,3,9,15,18,22-24,27H2,1-2H3. The van der Waals surface area contributed by atoms with Gasteiger partial charge in [0.1, 0.15) is 11.5 Å². The Labute approximate surface area is 283 Å². The fourth-order valence-electron chi connectivity index (χ4n) is 7.79. The largest absolute Gasteiger partial charge is 0.501 e. The molecule has 5 unspecified atom stereocenters. The van der Waals surface area contributed by atoms with Gasteiger partial charge >= 0.3 is 0 Å². The van der Waals surface area contributed by atoms with Crippen molar-refractivity contribution < 1.29 is 13.8 Å². The summed E-state index contributed by atoms with van der Waals surface area (Å²) < 4.78 is 19.6. The minimum atomic E-state index is 0.0141. The van der Waals surface area contributed by atoms with Gasteiger partial charge in [0.05, 0.1) is 30.5 Å². The number of hydrogen-bond acceptors (Lipinski definition) is 3. The quantitative estimate of drug-likeness (QED) is 0.142. The van der Waals surface area contributed by atoms with Crippen LogP contribution < -0.4 is 9.05 Å². The summed E-state index contributed by atoms with van der Waals surface area (Å²) >= 11 is 0. The first-order valence-electron chi connectivity index (χ1n) is 17.4. The van der Waals surface area contributed by atoms with Crippen molar-refractivity contribution in [3.8, 4) is 11.5 Å². The van der Waals surface area contributed by atoms with Crippen molar-refractivity contribution in [2.45, 2.75) is 80.9 Å². The van der Waals surface area contributed by atoms with E-state index in [0.717, 1.165) is 49.4 Å². The van der Waals surface area contributed by atoms with Crippen LogP contribution in [0.15, 0.2) is 108 Å². The monoisotopic (exact) mass is 658 g/mol. The van der Waals surface area contributed by atoms with Gasteiger partial charge in [-0.3, -0.25) is 0 Å². The van der Waals surface area contributed by atoms with E-state index < -0.39 is 0 Å². The lowest BCUT2D eigenvalue weighted by Gasteiger charge is -2.31. The van der Waals surface area contributed by atoms with Gasteiger partial charge in [-0.15, -0.1) is 0 Å². The van der Waals surface area contributed by atoms with Gasteiger partial charge in [0.15, 0.2) is 0 Å². The molecule has 240 valence electrons. The lowest BCUT2D eigenvalue weighted by Crippen LogP contribution is -2.15. The van der Waals surface area contributed by atoms with Crippen LogP contribution >= 0.6 is 17.6 Å². The summed E-state index contributed by atoms with van der Waals surface area (Å²) in [5, 5.41) is 2.51. The van der Waals surface area contributed by atoms with Crippen molar-refractivity contribution in [1.82, 2.24) is 0 Å². The van der Waals surface area contributed by atoms with Crippen molar-refractivity contribution in [3.05, 3.63) is 136 Å². The third-order valence-corrected chi connectivity index (χ3v) is 13.4. The molecule has 2 saturated carbocycles. The lowest BCUT2D eigenvalue weighted by atomic mass is 9.75. The van der Waals surface area contributed by atoms with Crippen LogP contribution in [-0.2, 0) is 16.6 Å². The van der Waals surface area contributed by atoms with E-state index in [1.807, 2.05) is 0 Å². The van der Waals surface area contributed by atoms with Gasteiger partial charge in [0.25, 0.3) is 0 Å². The summed E-state index contributed by atoms with van der Waals surface area (Å²) in [6, 6.07) is 29.0. The van der Waals surface area contributed by atoms with E-state index in [4.69, 9.17) is 13.8 Å². The highest BCUT2D eigenvalue weighted by molar-refractivity contribution is 7.34. The van der Waals surface area contributed by atoms with E-state index in [9.17, 15) is 0 Å². The zero-order chi connectivity index (χ0) is 31.8. The zero-order valence-electron chi connectivity index (χ0n) is 27.4. The number of methoxy groups -OCH3 is 1. The molecule has 8 rings (SSSR count). The van der Waals surface area contributed by atoms with Crippen LogP contribution in [0.5, 0.6) is 11.5 Å². The van der Waals surface area contributed by atoms with Crippen LogP contribution in [0.1, 0.15) is 85.6 Å². The van der Waals surface area contributed by atoms with E-state index in [1.165, 1.54) is 63.4 Å². The number of hydrogen-bond donors (Lipinski definition) is 0. The predicted octanol–water partition coefficient (Wildman–Crippen LogP) is 11.4. The molecule has 0 aliphatic heterocycles. The third kappa shape index (κ3) is 6.07. The highest BCUT2D eigenvalue weighted by Gasteiger charge is 2.54. The average Bonchev–Trinajstić information content (AvgIpc) is 4.08. The van der Waals surface area contributed by atoms with Gasteiger partial charge < -0.3 is 13.8 Å². The maximum absolute atomic E-state index is 7.08. The van der Waals surface area contributed by atoms with Crippen molar-refractivity contribution in [3.63, 3.8) is 0 Å². The number of rotatable bonds is 12. The normalized spacial score (nSPS) is 22.7. The number of allylic oxidation sites excluding steroid dienone is 5. The second-order valence-corrected chi connectivity index (χ2v) is 15.9. The molecule has 5 atom stereocenters. The summed E-state index contributed by atoms with van der Waals surface area (Å²) in [6.07, 6.45) is 17.9. The van der Waals surface area contributed by atoms with Gasteiger partial charge in [-0.05, 0) is 90.6 Å². The molecule has 0 heterocycles. The molecule has 0 aromatic heterocycles. The summed E-state index contributed by atoms with van der Waals surface area (Å²) in [7, 11) is 2.69. The fourth-order valence-corrected chi connectivity index (χ4v) is 10.2. The Kier molecular flexibility index (Phi) is 8.72. The molecule has 2 fully saturated rings. The van der Waals surface area contributed by atoms with Crippen molar-refractivity contribution in [2.24, 2.45) is 0 Å². The van der Waals surface area contributed by atoms with Crippen molar-refractivity contribution >= 4 is 34.5 Å². The topological polar surface area (TPSA) is 27.7 Å². The number of fused-ring (bicyclic) bond motifs is 2. The van der Waals surface area contributed by atoms with Gasteiger partial charge in [-0.1, -0.05) is 97.5 Å². The van der Waals surface area contributed by atoms with Crippen LogP contribution in [0.4, 0.5) is 0 Å². The fraction of sp³-hybridized carbons (Fsp3) is 0.333. The van der Waals surface area contributed by atoms with Crippen LogP contribution in [0.25, 0.3) is 16.8 Å². The summed E-state index contributed by atoms with van der Waals surface area (Å²) in [5.74, 6) is 3.12. The predicted molar refractivity (Wildman–Crippen MR) is 200 cm³/mol. The van der Waals surface area contributed by atoms with Crippen LogP contribution in [-0.4, -0.2) is 18.4 Å². The smallest absolute Gasteiger partial charge is 0.127 e. The molecule has 0 N–H and O–H groups in total. The molecular weight excluding hydrogens is 614 g/mol. The molecule has 4 aromatic rings. The summed E-state index contributed by atoms with van der Waals surface area (Å²) in [4.78, 5) is 0. The maximum atomic E-state index is 7.08. The molecule has 47 heavy (non-hydrogen) atoms. The molecule has 5 heteroatoms. The Morgan fingerprint density at radius 1 is 0.809 bits per heavy atom. The van der Waals surface area contributed by atoms with Gasteiger partial charge in [-0.2, -0.15) is 0 Å². The first-order valence-corrected chi connectivity index (χ1v) is 19.3. The van der Waals surface area contributed by atoms with Crippen molar-refractivity contribution in [2.75, 3.05) is 7.11 Å². The minimum absolute atomic E-state index is 0.0141. The summed E-state index contributed by atoms with van der Waals surface area (Å²) in [6.45, 7) is 2.34. The Balaban J connectivity index is 1.27. The second-order valence-electron chi connectivity index (χ2n) is 13.5. The average molecular weight is 659 g/mol. The molecule has 0 saturated heterocycles. The lowest BCUT2D eigenvalue weighted by molar-refractivity contribution is 0.275. The Bertz CT molecular complexity index is 1870. The van der Waals surface area contributed by atoms with Crippen LogP contribution in [0, 0.1) is 0 Å². The minimum Gasteiger partial charge on any atom is -0.501 e. The molecule has 4 aliphatic rings. The SMILES string of the molecule is CCC1(c2ccccc2)CC1POc1ccc2ccccc2c1C(C1=CC=C(OC)CC1)c1c(OPC2CC2)ccc2c1CCC=C2. The first-order chi connectivity index (χ1) is 23.2. The van der Waals surface area contributed by atoms with E-state index in [1.54, 1.807) is 7.11 Å². The second kappa shape index (κ2) is 13.3. The third-order valence-electron chi connectivity index (χ3n) is 10.8. The molecule has 0 amide bonds. The first kappa shape index (κ1) is 30.9. The van der Waals surface area contributed by atoms with Gasteiger partial charge in [0, 0.05) is 40.2 Å². The Hall–Kier alpha value is -3.38. The van der Waals surface area contributed by atoms with Crippen molar-refractivity contribution in [1.29, 1.82) is 0 Å². The number of ether oxygens (including phenoxy) is 1. The Morgan fingerprint density at radius 3 is 2.38 bits per heavy atom. The molecule has 3 nitrogen and oxygen atoms in total. The van der Waals surface area contributed by atoms with Gasteiger partial charge in [-0.25, -0.2) is 0 Å². The molecule has 4 aliphatic carbocycles.